The highest BCUT2D eigenvalue weighted by atomic mass is 79.9. The zero-order chi connectivity index (χ0) is 22.2. The third-order valence-corrected chi connectivity index (χ3v) is 4.82. The summed E-state index contributed by atoms with van der Waals surface area (Å²) in [5.41, 5.74) is 6.54. The summed E-state index contributed by atoms with van der Waals surface area (Å²) in [5.74, 6) is 0.125. The Morgan fingerprint density at radius 1 is 1.03 bits per heavy atom. The molecule has 0 fully saturated rings. The van der Waals surface area contributed by atoms with Gasteiger partial charge in [-0.05, 0) is 55.0 Å². The first-order valence-corrected chi connectivity index (χ1v) is 10.4. The Labute approximate surface area is 189 Å². The van der Waals surface area contributed by atoms with E-state index in [1.807, 2.05) is 49.4 Å². The minimum absolute atomic E-state index is 0.170. The highest BCUT2D eigenvalue weighted by molar-refractivity contribution is 9.10. The molecule has 0 aromatic heterocycles. The van der Waals surface area contributed by atoms with E-state index in [0.717, 1.165) is 15.6 Å². The molecule has 6 nitrogen and oxygen atoms in total. The van der Waals surface area contributed by atoms with Gasteiger partial charge in [-0.2, -0.15) is 5.10 Å². The van der Waals surface area contributed by atoms with E-state index in [2.05, 4.69) is 31.8 Å². The van der Waals surface area contributed by atoms with E-state index in [9.17, 15) is 9.59 Å². The molecule has 0 unspecified atom stereocenters. The summed E-state index contributed by atoms with van der Waals surface area (Å²) in [5, 5.41) is 6.72. The van der Waals surface area contributed by atoms with Gasteiger partial charge in [-0.25, -0.2) is 5.43 Å². The Morgan fingerprint density at radius 3 is 2.42 bits per heavy atom. The molecule has 0 bridgehead atoms. The van der Waals surface area contributed by atoms with Crippen molar-refractivity contribution >= 4 is 39.6 Å². The SMILES string of the molecule is CC(=O)Nc1ccc(C(=O)N/N=C\c2cc(Br)ccc2OCc2ccc(C)cc2)cc1. The van der Waals surface area contributed by atoms with Crippen LogP contribution in [0.25, 0.3) is 0 Å². The summed E-state index contributed by atoms with van der Waals surface area (Å²) < 4.78 is 6.82. The standard InChI is InChI=1S/C24H22BrN3O3/c1-16-3-5-18(6-4-16)15-31-23-12-9-21(25)13-20(23)14-26-28-24(30)19-7-10-22(11-8-19)27-17(2)29/h3-14H,15H2,1-2H3,(H,27,29)(H,28,30)/b26-14-. The molecule has 158 valence electrons. The summed E-state index contributed by atoms with van der Waals surface area (Å²) in [6.45, 7) is 3.89. The first-order valence-electron chi connectivity index (χ1n) is 9.59. The zero-order valence-corrected chi connectivity index (χ0v) is 18.8. The average Bonchev–Trinajstić information content (AvgIpc) is 2.74. The molecule has 0 aliphatic rings. The van der Waals surface area contributed by atoms with E-state index < -0.39 is 0 Å². The van der Waals surface area contributed by atoms with Crippen molar-refractivity contribution in [3.05, 3.63) is 93.5 Å². The number of rotatable bonds is 7. The first-order chi connectivity index (χ1) is 14.9. The Morgan fingerprint density at radius 2 is 1.74 bits per heavy atom. The lowest BCUT2D eigenvalue weighted by Gasteiger charge is -2.10. The van der Waals surface area contributed by atoms with Crippen molar-refractivity contribution < 1.29 is 14.3 Å². The minimum atomic E-state index is -0.359. The van der Waals surface area contributed by atoms with Crippen molar-refractivity contribution in [1.82, 2.24) is 5.43 Å². The van der Waals surface area contributed by atoms with E-state index in [1.54, 1.807) is 30.5 Å². The molecule has 3 aromatic carbocycles. The summed E-state index contributed by atoms with van der Waals surface area (Å²) in [6.07, 6.45) is 1.54. The fourth-order valence-electron chi connectivity index (χ4n) is 2.73. The van der Waals surface area contributed by atoms with Crippen LogP contribution in [0.2, 0.25) is 0 Å². The molecule has 0 atom stereocenters. The number of amides is 2. The van der Waals surface area contributed by atoms with E-state index in [-0.39, 0.29) is 11.8 Å². The van der Waals surface area contributed by atoms with Crippen LogP contribution < -0.4 is 15.5 Å². The predicted molar refractivity (Wildman–Crippen MR) is 125 cm³/mol. The lowest BCUT2D eigenvalue weighted by Crippen LogP contribution is -2.17. The second kappa shape index (κ2) is 10.5. The van der Waals surface area contributed by atoms with Crippen LogP contribution in [0.3, 0.4) is 0 Å². The van der Waals surface area contributed by atoms with Gasteiger partial charge in [0.15, 0.2) is 0 Å². The van der Waals surface area contributed by atoms with Gasteiger partial charge in [0.2, 0.25) is 5.91 Å². The third-order valence-electron chi connectivity index (χ3n) is 4.32. The van der Waals surface area contributed by atoms with Crippen LogP contribution in [0.5, 0.6) is 5.75 Å². The molecule has 31 heavy (non-hydrogen) atoms. The quantitative estimate of drug-likeness (QED) is 0.367. The predicted octanol–water partition coefficient (Wildman–Crippen LogP) is 5.06. The lowest BCUT2D eigenvalue weighted by molar-refractivity contribution is -0.114. The van der Waals surface area contributed by atoms with Crippen LogP contribution >= 0.6 is 15.9 Å². The van der Waals surface area contributed by atoms with E-state index in [4.69, 9.17) is 4.74 Å². The van der Waals surface area contributed by atoms with Gasteiger partial charge < -0.3 is 10.1 Å². The number of anilines is 1. The van der Waals surface area contributed by atoms with Gasteiger partial charge in [-0.3, -0.25) is 9.59 Å². The summed E-state index contributed by atoms with van der Waals surface area (Å²) in [7, 11) is 0. The van der Waals surface area contributed by atoms with E-state index in [1.165, 1.54) is 12.5 Å². The maximum Gasteiger partial charge on any atom is 0.271 e. The summed E-state index contributed by atoms with van der Waals surface area (Å²) >= 11 is 3.45. The molecule has 3 rings (SSSR count). The molecule has 0 saturated carbocycles. The molecule has 7 heteroatoms. The molecular formula is C24H22BrN3O3. The Balaban J connectivity index is 1.64. The molecule has 0 aliphatic heterocycles. The number of hydrogen-bond acceptors (Lipinski definition) is 4. The minimum Gasteiger partial charge on any atom is -0.488 e. The molecule has 2 amide bonds. The summed E-state index contributed by atoms with van der Waals surface area (Å²) in [4.78, 5) is 23.4. The third kappa shape index (κ3) is 6.79. The monoisotopic (exact) mass is 479 g/mol. The summed E-state index contributed by atoms with van der Waals surface area (Å²) in [6, 6.07) is 20.3. The van der Waals surface area contributed by atoms with Crippen LogP contribution in [0.4, 0.5) is 5.69 Å². The van der Waals surface area contributed by atoms with Crippen molar-refractivity contribution in [2.24, 2.45) is 5.10 Å². The van der Waals surface area contributed by atoms with Crippen molar-refractivity contribution in [3.8, 4) is 5.75 Å². The normalized spacial score (nSPS) is 10.7. The van der Waals surface area contributed by atoms with Crippen molar-refractivity contribution in [2.75, 3.05) is 5.32 Å². The van der Waals surface area contributed by atoms with Gasteiger partial charge in [0.05, 0.1) is 6.21 Å². The van der Waals surface area contributed by atoms with Gasteiger partial charge >= 0.3 is 0 Å². The maximum absolute atomic E-state index is 12.3. The number of hydrazone groups is 1. The zero-order valence-electron chi connectivity index (χ0n) is 17.2. The van der Waals surface area contributed by atoms with Crippen molar-refractivity contribution in [3.63, 3.8) is 0 Å². The number of ether oxygens (including phenoxy) is 1. The number of hydrogen-bond donors (Lipinski definition) is 2. The second-order valence-corrected chi connectivity index (χ2v) is 7.83. The number of nitrogens with one attached hydrogen (secondary N) is 2. The highest BCUT2D eigenvalue weighted by Gasteiger charge is 2.06. The highest BCUT2D eigenvalue weighted by Crippen LogP contribution is 2.23. The lowest BCUT2D eigenvalue weighted by atomic mass is 10.1. The smallest absolute Gasteiger partial charge is 0.271 e. The molecule has 0 saturated heterocycles. The van der Waals surface area contributed by atoms with Crippen LogP contribution in [0, 0.1) is 6.92 Å². The van der Waals surface area contributed by atoms with Gasteiger partial charge in [0, 0.05) is 28.2 Å². The van der Waals surface area contributed by atoms with Gasteiger partial charge in [0.1, 0.15) is 12.4 Å². The number of benzene rings is 3. The maximum atomic E-state index is 12.3. The van der Waals surface area contributed by atoms with Gasteiger partial charge in [-0.1, -0.05) is 45.8 Å². The number of carbonyl (C=O) groups is 2. The molecule has 3 aromatic rings. The number of nitrogens with zero attached hydrogens (tertiary/aromatic N) is 1. The Kier molecular flexibility index (Phi) is 7.56. The Bertz CT molecular complexity index is 1090. The van der Waals surface area contributed by atoms with Gasteiger partial charge in [0.25, 0.3) is 5.91 Å². The van der Waals surface area contributed by atoms with Gasteiger partial charge in [-0.15, -0.1) is 0 Å². The topological polar surface area (TPSA) is 79.8 Å². The number of aryl methyl sites for hydroxylation is 1. The van der Waals surface area contributed by atoms with Crippen LogP contribution in [0.1, 0.15) is 34.0 Å². The molecular weight excluding hydrogens is 458 g/mol. The largest absolute Gasteiger partial charge is 0.488 e. The Hall–Kier alpha value is -3.45. The second-order valence-electron chi connectivity index (χ2n) is 6.91. The average molecular weight is 480 g/mol. The number of carbonyl (C=O) groups excluding carboxylic acids is 2. The van der Waals surface area contributed by atoms with E-state index >= 15 is 0 Å². The molecule has 2 N–H and O–H groups in total. The molecule has 0 spiro atoms. The fraction of sp³-hybridized carbons (Fsp3) is 0.125. The van der Waals surface area contributed by atoms with Crippen molar-refractivity contribution in [2.45, 2.75) is 20.5 Å². The fourth-order valence-corrected chi connectivity index (χ4v) is 3.11. The van der Waals surface area contributed by atoms with E-state index in [0.29, 0.717) is 23.6 Å². The first kappa shape index (κ1) is 22.2. The molecule has 0 aliphatic carbocycles. The van der Waals surface area contributed by atoms with Crippen LogP contribution in [-0.2, 0) is 11.4 Å². The number of halogens is 1. The van der Waals surface area contributed by atoms with Crippen LogP contribution in [-0.4, -0.2) is 18.0 Å². The van der Waals surface area contributed by atoms with Crippen LogP contribution in [0.15, 0.2) is 76.3 Å². The molecule has 0 heterocycles. The van der Waals surface area contributed by atoms with Crippen molar-refractivity contribution in [1.29, 1.82) is 0 Å². The molecule has 0 radical (unpaired) electrons.